The first-order valence-electron chi connectivity index (χ1n) is 8.69. The van der Waals surface area contributed by atoms with Crippen molar-refractivity contribution in [3.63, 3.8) is 0 Å². The van der Waals surface area contributed by atoms with Gasteiger partial charge in [0.05, 0.1) is 6.54 Å². The molecule has 4 unspecified atom stereocenters. The molecule has 0 amide bonds. The van der Waals surface area contributed by atoms with Gasteiger partial charge in [-0.25, -0.2) is 0 Å². The number of nitrogens with one attached hydrogen (secondary N) is 5. The molecule has 0 spiro atoms. The van der Waals surface area contributed by atoms with Crippen LogP contribution < -0.4 is 26.6 Å². The third-order valence-corrected chi connectivity index (χ3v) is 5.52. The molecule has 16 heteroatoms. The van der Waals surface area contributed by atoms with Crippen molar-refractivity contribution in [2.45, 2.75) is 50.2 Å². The number of nitrogens with zero attached hydrogens (tertiary/aromatic N) is 1. The van der Waals surface area contributed by atoms with Crippen molar-refractivity contribution in [2.75, 3.05) is 32.5 Å². The van der Waals surface area contributed by atoms with Crippen molar-refractivity contribution < 1.29 is 39.8 Å². The molecule has 2 fully saturated rings. The molecule has 29 heavy (non-hydrogen) atoms. The summed E-state index contributed by atoms with van der Waals surface area (Å²) in [6, 6.07) is -0.206. The third-order valence-electron chi connectivity index (χ3n) is 4.22. The van der Waals surface area contributed by atoms with Crippen molar-refractivity contribution >= 4 is 10.4 Å². The highest BCUT2D eigenvalue weighted by molar-refractivity contribution is 7.94. The van der Waals surface area contributed by atoms with E-state index in [-0.39, 0.29) is 19.1 Å². The fourth-order valence-corrected chi connectivity index (χ4v) is 3.78. The van der Waals surface area contributed by atoms with Crippen LogP contribution in [0, 0.1) is 0 Å². The fourth-order valence-electron chi connectivity index (χ4n) is 2.91. The molecule has 0 saturated carbocycles. The van der Waals surface area contributed by atoms with Crippen LogP contribution in [-0.2, 0) is 19.3 Å². The summed E-state index contributed by atoms with van der Waals surface area (Å²) in [6.07, 6.45) is -10.6. The van der Waals surface area contributed by atoms with E-state index in [4.69, 9.17) is 0 Å². The lowest BCUT2D eigenvalue weighted by atomic mass is 10.1. The van der Waals surface area contributed by atoms with Crippen molar-refractivity contribution in [2.24, 2.45) is 0 Å². The standard InChI is InChI=1S/C13H24F6N6O3S/c1-29(26,27)25-4-2-8(3-5-25)21-10-22-9(20-6-12(14,15)16)23-11(24-10)28-7-13(17,18)19/h8-11,20-24H,2-7H2,1H3. The first kappa shape index (κ1) is 24.7. The minimum Gasteiger partial charge on any atom is -0.598 e. The lowest BCUT2D eigenvalue weighted by molar-refractivity contribution is -0.199. The second-order valence-corrected chi connectivity index (χ2v) is 8.75. The number of halogens is 6. The van der Waals surface area contributed by atoms with E-state index in [2.05, 4.69) is 31.3 Å². The van der Waals surface area contributed by atoms with E-state index in [1.165, 1.54) is 4.31 Å². The highest BCUT2D eigenvalue weighted by Gasteiger charge is 2.36. The van der Waals surface area contributed by atoms with E-state index in [0.29, 0.717) is 12.8 Å². The third kappa shape index (κ3) is 9.39. The lowest BCUT2D eigenvalue weighted by Crippen LogP contribution is -2.76. The van der Waals surface area contributed by atoms with Gasteiger partial charge in [-0.3, -0.25) is 26.6 Å². The second kappa shape index (κ2) is 9.69. The van der Waals surface area contributed by atoms with Crippen molar-refractivity contribution in [1.82, 2.24) is 30.9 Å². The minimum absolute atomic E-state index is 0.206. The number of hydrogen-bond acceptors (Lipinski definition) is 8. The molecule has 5 N–H and O–H groups in total. The predicted octanol–water partition coefficient (Wildman–Crippen LogP) is -0.421. The van der Waals surface area contributed by atoms with Gasteiger partial charge in [0, 0.05) is 19.1 Å². The highest BCUT2D eigenvalue weighted by Crippen LogP contribution is 2.18. The first-order chi connectivity index (χ1) is 13.2. The summed E-state index contributed by atoms with van der Waals surface area (Å²) in [6.45, 7) is -2.46. The molecule has 9 nitrogen and oxygen atoms in total. The molecule has 0 radical (unpaired) electrons. The average molecular weight is 458 g/mol. The van der Waals surface area contributed by atoms with Crippen molar-refractivity contribution in [3.05, 3.63) is 0 Å². The maximum absolute atomic E-state index is 12.4. The fraction of sp³-hybridized carbons (Fsp3) is 1.00. The number of rotatable bonds is 7. The van der Waals surface area contributed by atoms with Crippen LogP contribution in [0.15, 0.2) is 0 Å². The number of hydrogen-bond donors (Lipinski definition) is 5. The van der Waals surface area contributed by atoms with E-state index in [9.17, 15) is 35.1 Å². The van der Waals surface area contributed by atoms with Gasteiger partial charge in [0.15, 0.2) is 6.35 Å². The van der Waals surface area contributed by atoms with Gasteiger partial charge >= 0.3 is 12.4 Å². The van der Waals surface area contributed by atoms with Crippen molar-refractivity contribution in [3.8, 4) is 0 Å². The van der Waals surface area contributed by atoms with Crippen LogP contribution in [0.5, 0.6) is 0 Å². The molecule has 172 valence electrons. The molecule has 2 rings (SSSR count). The smallest absolute Gasteiger partial charge is 0.411 e. The summed E-state index contributed by atoms with van der Waals surface area (Å²) in [5, 5.41) is 12.9. The van der Waals surface area contributed by atoms with E-state index >= 15 is 0 Å². The Labute approximate surface area is 164 Å². The van der Waals surface area contributed by atoms with Gasteiger partial charge in [0.2, 0.25) is 0 Å². The van der Waals surface area contributed by atoms with Gasteiger partial charge in [-0.2, -0.15) is 26.3 Å². The lowest BCUT2D eigenvalue weighted by Gasteiger charge is -2.41. The molecule has 2 aliphatic rings. The Morgan fingerprint density at radius 1 is 1.07 bits per heavy atom. The van der Waals surface area contributed by atoms with Crippen LogP contribution in [0.25, 0.3) is 0 Å². The number of alkyl halides is 6. The molecule has 0 aromatic carbocycles. The van der Waals surface area contributed by atoms with Gasteiger partial charge in [-0.15, -0.1) is 4.31 Å². The summed E-state index contributed by atoms with van der Waals surface area (Å²) in [5.74, 6) is 0. The SMILES string of the molecule is C[S+](=O)([O-])N1CCC(NC2NC(NCC(F)(F)F)NC(OCC(F)(F)F)N2)CC1. The summed E-state index contributed by atoms with van der Waals surface area (Å²) in [7, 11) is -3.32. The predicted molar refractivity (Wildman–Crippen MR) is 89.3 cm³/mol. The molecular formula is C13H24F6N6O3S. The number of piperidine rings is 1. The van der Waals surface area contributed by atoms with Crippen LogP contribution in [0.3, 0.4) is 0 Å². The van der Waals surface area contributed by atoms with E-state index in [1.54, 1.807) is 0 Å². The van der Waals surface area contributed by atoms with Gasteiger partial charge in [0.25, 0.3) is 0 Å². The van der Waals surface area contributed by atoms with Crippen LogP contribution >= 0.6 is 0 Å². The Morgan fingerprint density at radius 3 is 2.17 bits per heavy atom. The minimum atomic E-state index is -4.61. The Hall–Kier alpha value is -0.590. The summed E-state index contributed by atoms with van der Waals surface area (Å²) >= 11 is 0. The first-order valence-corrected chi connectivity index (χ1v) is 10.5. The quantitative estimate of drug-likeness (QED) is 0.258. The Morgan fingerprint density at radius 2 is 1.66 bits per heavy atom. The molecule has 4 atom stereocenters. The molecule has 2 saturated heterocycles. The Kier molecular flexibility index (Phi) is 8.25. The van der Waals surface area contributed by atoms with E-state index in [0.717, 1.165) is 6.26 Å². The number of ether oxygens (including phenoxy) is 1. The Balaban J connectivity index is 1.91. The van der Waals surface area contributed by atoms with Crippen molar-refractivity contribution in [1.29, 1.82) is 0 Å². The van der Waals surface area contributed by atoms with Crippen LogP contribution in [0.4, 0.5) is 26.3 Å². The van der Waals surface area contributed by atoms with Gasteiger partial charge in [0.1, 0.15) is 35.8 Å². The topological polar surface area (TPSA) is 113 Å². The molecule has 2 heterocycles. The normalized spacial score (nSPS) is 30.3. The highest BCUT2D eigenvalue weighted by atomic mass is 32.3. The molecule has 0 aromatic rings. The van der Waals surface area contributed by atoms with Crippen LogP contribution in [0.2, 0.25) is 0 Å². The van der Waals surface area contributed by atoms with Gasteiger partial charge < -0.3 is 9.29 Å². The molecule has 0 bridgehead atoms. The zero-order valence-electron chi connectivity index (χ0n) is 15.4. The molecule has 0 aromatic heterocycles. The molecule has 0 aliphatic carbocycles. The Bertz CT molecular complexity index is 542. The van der Waals surface area contributed by atoms with E-state index in [1.807, 2.05) is 0 Å². The van der Waals surface area contributed by atoms with Gasteiger partial charge in [-0.05, 0) is 12.8 Å². The number of sulfonamides is 1. The largest absolute Gasteiger partial charge is 0.598 e. The van der Waals surface area contributed by atoms with Crippen LogP contribution in [0.1, 0.15) is 12.8 Å². The molecular weight excluding hydrogens is 434 g/mol. The van der Waals surface area contributed by atoms with E-state index < -0.39 is 54.8 Å². The maximum Gasteiger partial charge on any atom is 0.411 e. The zero-order chi connectivity index (χ0) is 21.9. The monoisotopic (exact) mass is 458 g/mol. The summed E-state index contributed by atoms with van der Waals surface area (Å²) in [5.41, 5.74) is 0. The molecule has 2 aliphatic heterocycles. The summed E-state index contributed by atoms with van der Waals surface area (Å²) < 4.78 is 103. The maximum atomic E-state index is 12.4. The summed E-state index contributed by atoms with van der Waals surface area (Å²) in [4.78, 5) is 0. The zero-order valence-corrected chi connectivity index (χ0v) is 16.2. The van der Waals surface area contributed by atoms with Crippen LogP contribution in [-0.4, -0.2) is 78.7 Å². The average Bonchev–Trinajstić information content (AvgIpc) is 2.57. The van der Waals surface area contributed by atoms with Gasteiger partial charge in [-0.1, -0.05) is 4.21 Å². The second-order valence-electron chi connectivity index (χ2n) is 6.77.